The van der Waals surface area contributed by atoms with Gasteiger partial charge in [-0.2, -0.15) is 0 Å². The number of para-hydroxylation sites is 1. The van der Waals surface area contributed by atoms with E-state index in [1.807, 2.05) is 42.5 Å². The van der Waals surface area contributed by atoms with Crippen LogP contribution in [0.2, 0.25) is 0 Å². The maximum atomic E-state index is 12.6. The molecule has 2 aromatic rings. The Hall–Kier alpha value is -2.42. The summed E-state index contributed by atoms with van der Waals surface area (Å²) < 4.78 is 0. The fourth-order valence-electron chi connectivity index (χ4n) is 2.68. The number of rotatable bonds is 2. The highest BCUT2D eigenvalue weighted by molar-refractivity contribution is 6.08. The minimum Gasteiger partial charge on any atom is -0.315 e. The van der Waals surface area contributed by atoms with Gasteiger partial charge in [-0.3, -0.25) is 9.59 Å². The summed E-state index contributed by atoms with van der Waals surface area (Å²) in [4.78, 5) is 26.3. The second-order valence-corrected chi connectivity index (χ2v) is 5.00. The molecule has 0 radical (unpaired) electrons. The van der Waals surface area contributed by atoms with E-state index < -0.39 is 0 Å². The number of hydrogen-bond acceptors (Lipinski definition) is 2. The zero-order chi connectivity index (χ0) is 14.1. The van der Waals surface area contributed by atoms with Gasteiger partial charge in [0.25, 0.3) is 0 Å². The lowest BCUT2D eigenvalue weighted by molar-refractivity contribution is -0.118. The maximum absolute atomic E-state index is 12.6. The second kappa shape index (κ2) is 4.93. The van der Waals surface area contributed by atoms with Crippen LogP contribution in [0, 0.1) is 0 Å². The van der Waals surface area contributed by atoms with Crippen LogP contribution < -0.4 is 4.90 Å². The first-order valence-corrected chi connectivity index (χ1v) is 6.63. The third kappa shape index (κ3) is 2.01. The second-order valence-electron chi connectivity index (χ2n) is 5.00. The predicted octanol–water partition coefficient (Wildman–Crippen LogP) is 3.02. The van der Waals surface area contributed by atoms with Gasteiger partial charge in [-0.15, -0.1) is 0 Å². The van der Waals surface area contributed by atoms with Gasteiger partial charge in [0, 0.05) is 24.7 Å². The van der Waals surface area contributed by atoms with Crippen LogP contribution in [0.25, 0.3) is 0 Å². The van der Waals surface area contributed by atoms with Crippen molar-refractivity contribution in [2.75, 3.05) is 11.9 Å². The van der Waals surface area contributed by atoms with Crippen LogP contribution in [0.4, 0.5) is 5.69 Å². The Morgan fingerprint density at radius 2 is 1.70 bits per heavy atom. The summed E-state index contributed by atoms with van der Waals surface area (Å²) in [7, 11) is 1.75. The van der Waals surface area contributed by atoms with E-state index in [-0.39, 0.29) is 24.0 Å². The Kier molecular flexibility index (Phi) is 3.11. The van der Waals surface area contributed by atoms with E-state index in [0.717, 1.165) is 11.3 Å². The van der Waals surface area contributed by atoms with Crippen LogP contribution >= 0.6 is 0 Å². The van der Waals surface area contributed by atoms with Gasteiger partial charge in [-0.05, 0) is 11.6 Å². The molecule has 3 rings (SSSR count). The highest BCUT2D eigenvalue weighted by atomic mass is 16.2. The molecule has 0 spiro atoms. The lowest BCUT2D eigenvalue weighted by Crippen LogP contribution is -2.35. The fraction of sp³-hybridized carbons (Fsp3) is 0.176. The van der Waals surface area contributed by atoms with Gasteiger partial charge in [0.1, 0.15) is 0 Å². The largest absolute Gasteiger partial charge is 0.315 e. The summed E-state index contributed by atoms with van der Waals surface area (Å²) in [6, 6.07) is 16.8. The first-order valence-electron chi connectivity index (χ1n) is 6.63. The molecule has 0 fully saturated rings. The highest BCUT2D eigenvalue weighted by Gasteiger charge is 2.33. The van der Waals surface area contributed by atoms with Gasteiger partial charge in [0.05, 0.1) is 5.92 Å². The number of amides is 1. The van der Waals surface area contributed by atoms with Crippen molar-refractivity contribution in [3.63, 3.8) is 0 Å². The van der Waals surface area contributed by atoms with E-state index >= 15 is 0 Å². The standard InChI is InChI=1S/C17H15NO2/c1-18-15-10-6-5-9-13(15)14(11-16(18)19)17(20)12-7-3-2-4-8-12/h2-10,14H,11H2,1H3. The number of nitrogens with zero attached hydrogens (tertiary/aromatic N) is 1. The number of carbonyl (C=O) groups is 2. The van der Waals surface area contributed by atoms with E-state index in [1.54, 1.807) is 24.1 Å². The summed E-state index contributed by atoms with van der Waals surface area (Å²) in [5.74, 6) is -0.380. The molecule has 0 N–H and O–H groups in total. The Balaban J connectivity index is 2.05. The highest BCUT2D eigenvalue weighted by Crippen LogP contribution is 2.36. The zero-order valence-corrected chi connectivity index (χ0v) is 11.2. The molecule has 1 amide bonds. The molecule has 3 nitrogen and oxygen atoms in total. The van der Waals surface area contributed by atoms with E-state index in [4.69, 9.17) is 0 Å². The van der Waals surface area contributed by atoms with Crippen molar-refractivity contribution in [3.05, 3.63) is 65.7 Å². The van der Waals surface area contributed by atoms with Crippen molar-refractivity contribution < 1.29 is 9.59 Å². The lowest BCUT2D eigenvalue weighted by atomic mass is 9.84. The molecule has 1 aliphatic heterocycles. The predicted molar refractivity (Wildman–Crippen MR) is 78.0 cm³/mol. The number of carbonyl (C=O) groups excluding carboxylic acids is 2. The average Bonchev–Trinajstić information content (AvgIpc) is 2.51. The maximum Gasteiger partial charge on any atom is 0.227 e. The number of ketones is 1. The topological polar surface area (TPSA) is 37.4 Å². The molecule has 0 saturated heterocycles. The van der Waals surface area contributed by atoms with Crippen LogP contribution in [0.1, 0.15) is 28.3 Å². The summed E-state index contributed by atoms with van der Waals surface area (Å²) in [5.41, 5.74) is 2.42. The van der Waals surface area contributed by atoms with Crippen LogP contribution in [-0.2, 0) is 4.79 Å². The van der Waals surface area contributed by atoms with Gasteiger partial charge in [0.2, 0.25) is 5.91 Å². The first kappa shape index (κ1) is 12.6. The van der Waals surface area contributed by atoms with Gasteiger partial charge in [-0.25, -0.2) is 0 Å². The van der Waals surface area contributed by atoms with E-state index in [2.05, 4.69) is 0 Å². The SMILES string of the molecule is CN1C(=O)CC(C(=O)c2ccccc2)c2ccccc21. The number of Topliss-reactive ketones (excluding diaryl/α,β-unsaturated/α-hetero) is 1. The molecule has 1 heterocycles. The van der Waals surface area contributed by atoms with Crippen molar-refractivity contribution >= 4 is 17.4 Å². The molecule has 1 unspecified atom stereocenters. The zero-order valence-electron chi connectivity index (χ0n) is 11.2. The number of fused-ring (bicyclic) bond motifs is 1. The third-order valence-electron chi connectivity index (χ3n) is 3.80. The van der Waals surface area contributed by atoms with Crippen LogP contribution in [-0.4, -0.2) is 18.7 Å². The minimum atomic E-state index is -0.378. The molecular formula is C17H15NO2. The molecule has 2 aromatic carbocycles. The van der Waals surface area contributed by atoms with Gasteiger partial charge >= 0.3 is 0 Å². The quantitative estimate of drug-likeness (QED) is 0.783. The average molecular weight is 265 g/mol. The molecule has 0 aliphatic carbocycles. The Labute approximate surface area is 117 Å². The fourth-order valence-corrected chi connectivity index (χ4v) is 2.68. The molecule has 0 saturated carbocycles. The normalized spacial score (nSPS) is 17.8. The van der Waals surface area contributed by atoms with E-state index in [0.29, 0.717) is 5.56 Å². The van der Waals surface area contributed by atoms with Crippen LogP contribution in [0.5, 0.6) is 0 Å². The minimum absolute atomic E-state index is 0.0134. The number of anilines is 1. The molecule has 1 atom stereocenters. The Morgan fingerprint density at radius 1 is 1.05 bits per heavy atom. The van der Waals surface area contributed by atoms with Crippen molar-refractivity contribution in [2.24, 2.45) is 0 Å². The first-order chi connectivity index (χ1) is 9.68. The smallest absolute Gasteiger partial charge is 0.227 e. The summed E-state index contributed by atoms with van der Waals surface area (Å²) in [6.07, 6.45) is 0.237. The van der Waals surface area contributed by atoms with Crippen LogP contribution in [0.3, 0.4) is 0 Å². The van der Waals surface area contributed by atoms with Crippen molar-refractivity contribution in [1.29, 1.82) is 0 Å². The molecule has 20 heavy (non-hydrogen) atoms. The summed E-state index contributed by atoms with van der Waals surface area (Å²) in [6.45, 7) is 0. The monoisotopic (exact) mass is 265 g/mol. The molecule has 0 bridgehead atoms. The summed E-state index contributed by atoms with van der Waals surface area (Å²) >= 11 is 0. The van der Waals surface area contributed by atoms with E-state index in [9.17, 15) is 9.59 Å². The van der Waals surface area contributed by atoms with Crippen molar-refractivity contribution in [2.45, 2.75) is 12.3 Å². The van der Waals surface area contributed by atoms with Crippen LogP contribution in [0.15, 0.2) is 54.6 Å². The Bertz CT molecular complexity index is 664. The molecular weight excluding hydrogens is 250 g/mol. The van der Waals surface area contributed by atoms with Gasteiger partial charge in [0.15, 0.2) is 5.78 Å². The Morgan fingerprint density at radius 3 is 2.45 bits per heavy atom. The van der Waals surface area contributed by atoms with Gasteiger partial charge < -0.3 is 4.90 Å². The van der Waals surface area contributed by atoms with Crippen molar-refractivity contribution in [1.82, 2.24) is 0 Å². The number of benzene rings is 2. The lowest BCUT2D eigenvalue weighted by Gasteiger charge is -2.30. The molecule has 0 aromatic heterocycles. The van der Waals surface area contributed by atoms with E-state index in [1.165, 1.54) is 0 Å². The molecule has 3 heteroatoms. The van der Waals surface area contributed by atoms with Gasteiger partial charge in [-0.1, -0.05) is 48.5 Å². The summed E-state index contributed by atoms with van der Waals surface area (Å²) in [5, 5.41) is 0. The number of hydrogen-bond donors (Lipinski definition) is 0. The van der Waals surface area contributed by atoms with Crippen molar-refractivity contribution in [3.8, 4) is 0 Å². The third-order valence-corrected chi connectivity index (χ3v) is 3.80. The molecule has 1 aliphatic rings. The molecule has 100 valence electrons.